The van der Waals surface area contributed by atoms with Crippen molar-refractivity contribution >= 4 is 11.9 Å². The molecule has 25 heavy (non-hydrogen) atoms. The van der Waals surface area contributed by atoms with Crippen LogP contribution < -0.4 is 9.47 Å². The molecule has 3 aromatic carbocycles. The molecule has 0 spiro atoms. The van der Waals surface area contributed by atoms with Gasteiger partial charge in [-0.15, -0.1) is 0 Å². The van der Waals surface area contributed by atoms with Crippen LogP contribution in [-0.2, 0) is 6.42 Å². The fraction of sp³-hybridized carbons (Fsp3) is 0.136. The second-order valence-electron chi connectivity index (χ2n) is 6.05. The van der Waals surface area contributed by atoms with Crippen molar-refractivity contribution < 1.29 is 9.47 Å². The molecule has 0 aliphatic heterocycles. The molecule has 0 N–H and O–H groups in total. The highest BCUT2D eigenvalue weighted by Gasteiger charge is 2.17. The van der Waals surface area contributed by atoms with E-state index < -0.39 is 0 Å². The second-order valence-corrected chi connectivity index (χ2v) is 6.05. The van der Waals surface area contributed by atoms with Crippen molar-refractivity contribution in [1.29, 1.82) is 0 Å². The third-order valence-electron chi connectivity index (χ3n) is 4.55. The Hall–Kier alpha value is -3.07. The number of hydrogen-bond donors (Lipinski definition) is 0. The summed E-state index contributed by atoms with van der Waals surface area (Å²) in [7, 11) is 3.27. The first-order valence-electron chi connectivity index (χ1n) is 8.26. The fourth-order valence-corrected chi connectivity index (χ4v) is 3.29. The highest BCUT2D eigenvalue weighted by Crippen LogP contribution is 2.38. The summed E-state index contributed by atoms with van der Waals surface area (Å²) in [5.74, 6) is 1.42. The molecule has 0 fully saturated rings. The van der Waals surface area contributed by atoms with Gasteiger partial charge in [0.2, 0.25) is 0 Å². The summed E-state index contributed by atoms with van der Waals surface area (Å²) in [6.45, 7) is 0. The SMILES string of the molecule is COc1ccc(C=Nc2ccc3c(c2)Cc2ccccc2-3)cc1OC. The van der Waals surface area contributed by atoms with Crippen molar-refractivity contribution in [1.82, 2.24) is 0 Å². The van der Waals surface area contributed by atoms with E-state index in [9.17, 15) is 0 Å². The van der Waals surface area contributed by atoms with Crippen LogP contribution in [0.1, 0.15) is 16.7 Å². The Bertz CT molecular complexity index is 960. The molecule has 3 aromatic rings. The average molecular weight is 329 g/mol. The summed E-state index contributed by atoms with van der Waals surface area (Å²) >= 11 is 0. The van der Waals surface area contributed by atoms with E-state index in [0.717, 1.165) is 23.4 Å². The van der Waals surface area contributed by atoms with Crippen LogP contribution in [0.2, 0.25) is 0 Å². The molecule has 4 rings (SSSR count). The highest BCUT2D eigenvalue weighted by molar-refractivity contribution is 5.84. The summed E-state index contributed by atoms with van der Waals surface area (Å²) in [6.07, 6.45) is 2.83. The number of benzene rings is 3. The monoisotopic (exact) mass is 329 g/mol. The molecular formula is C22H19NO2. The van der Waals surface area contributed by atoms with Gasteiger partial charge in [0, 0.05) is 6.21 Å². The predicted octanol–water partition coefficient (Wildman–Crippen LogP) is 5.03. The third-order valence-corrected chi connectivity index (χ3v) is 4.55. The van der Waals surface area contributed by atoms with Crippen LogP contribution in [0.25, 0.3) is 11.1 Å². The van der Waals surface area contributed by atoms with Crippen LogP contribution >= 0.6 is 0 Å². The van der Waals surface area contributed by atoms with Crippen molar-refractivity contribution in [2.45, 2.75) is 6.42 Å². The maximum absolute atomic E-state index is 5.34. The normalized spacial score (nSPS) is 12.1. The van der Waals surface area contributed by atoms with Gasteiger partial charge in [-0.3, -0.25) is 4.99 Å². The standard InChI is InChI=1S/C22H19NO2/c1-24-21-10-7-15(11-22(21)25-2)14-23-18-8-9-20-17(13-18)12-16-5-3-4-6-19(16)20/h3-11,13-14H,12H2,1-2H3. The zero-order valence-corrected chi connectivity index (χ0v) is 14.3. The van der Waals surface area contributed by atoms with E-state index >= 15 is 0 Å². The third kappa shape index (κ3) is 2.89. The molecule has 0 saturated heterocycles. The summed E-state index contributed by atoms with van der Waals surface area (Å²) in [5.41, 5.74) is 7.32. The van der Waals surface area contributed by atoms with E-state index in [4.69, 9.17) is 9.47 Å². The quantitative estimate of drug-likeness (QED) is 0.492. The Labute approximate surface area is 147 Å². The molecule has 0 atom stereocenters. The van der Waals surface area contributed by atoms with Gasteiger partial charge < -0.3 is 9.47 Å². The minimum absolute atomic E-state index is 0.704. The minimum atomic E-state index is 0.704. The van der Waals surface area contributed by atoms with Crippen LogP contribution in [0, 0.1) is 0 Å². The molecule has 3 nitrogen and oxygen atoms in total. The minimum Gasteiger partial charge on any atom is -0.493 e. The molecule has 0 unspecified atom stereocenters. The van der Waals surface area contributed by atoms with Gasteiger partial charge in [-0.25, -0.2) is 0 Å². The molecule has 124 valence electrons. The summed E-state index contributed by atoms with van der Waals surface area (Å²) in [6, 6.07) is 20.8. The number of ether oxygens (including phenoxy) is 2. The largest absolute Gasteiger partial charge is 0.493 e. The topological polar surface area (TPSA) is 30.8 Å². The molecule has 1 aliphatic carbocycles. The van der Waals surface area contributed by atoms with E-state index in [1.54, 1.807) is 14.2 Å². The van der Waals surface area contributed by atoms with E-state index in [1.165, 1.54) is 22.3 Å². The number of rotatable bonds is 4. The second kappa shape index (κ2) is 6.44. The zero-order valence-electron chi connectivity index (χ0n) is 14.3. The molecule has 0 saturated carbocycles. The maximum atomic E-state index is 5.34. The first-order valence-corrected chi connectivity index (χ1v) is 8.26. The Morgan fingerprint density at radius 3 is 2.44 bits per heavy atom. The van der Waals surface area contributed by atoms with Crippen LogP contribution in [-0.4, -0.2) is 20.4 Å². The summed E-state index contributed by atoms with van der Waals surface area (Å²) in [4.78, 5) is 4.63. The number of fused-ring (bicyclic) bond motifs is 3. The van der Waals surface area contributed by atoms with Gasteiger partial charge in [0.1, 0.15) is 0 Å². The molecule has 0 aromatic heterocycles. The van der Waals surface area contributed by atoms with Gasteiger partial charge in [0.05, 0.1) is 19.9 Å². The Balaban J connectivity index is 1.60. The van der Waals surface area contributed by atoms with Crippen LogP contribution in [0.5, 0.6) is 11.5 Å². The van der Waals surface area contributed by atoms with Crippen LogP contribution in [0.4, 0.5) is 5.69 Å². The van der Waals surface area contributed by atoms with E-state index in [2.05, 4.69) is 47.5 Å². The lowest BCUT2D eigenvalue weighted by atomic mass is 10.1. The van der Waals surface area contributed by atoms with Gasteiger partial charge >= 0.3 is 0 Å². The Morgan fingerprint density at radius 1 is 0.800 bits per heavy atom. The van der Waals surface area contributed by atoms with Crippen molar-refractivity contribution in [3.8, 4) is 22.6 Å². The first-order chi connectivity index (χ1) is 12.3. The number of methoxy groups -OCH3 is 2. The van der Waals surface area contributed by atoms with Crippen molar-refractivity contribution in [3.63, 3.8) is 0 Å². The molecule has 0 heterocycles. The lowest BCUT2D eigenvalue weighted by Crippen LogP contribution is -1.92. The van der Waals surface area contributed by atoms with E-state index in [0.29, 0.717) is 5.75 Å². The molecule has 1 aliphatic rings. The van der Waals surface area contributed by atoms with Gasteiger partial charge in [-0.2, -0.15) is 0 Å². The Kier molecular flexibility index (Phi) is 3.98. The van der Waals surface area contributed by atoms with E-state index in [-0.39, 0.29) is 0 Å². The van der Waals surface area contributed by atoms with Crippen molar-refractivity contribution in [3.05, 3.63) is 77.4 Å². The smallest absolute Gasteiger partial charge is 0.161 e. The molecule has 0 amide bonds. The maximum Gasteiger partial charge on any atom is 0.161 e. The van der Waals surface area contributed by atoms with Crippen molar-refractivity contribution in [2.24, 2.45) is 4.99 Å². The molecule has 0 radical (unpaired) electrons. The van der Waals surface area contributed by atoms with Gasteiger partial charge in [-0.05, 0) is 64.6 Å². The zero-order chi connectivity index (χ0) is 17.2. The lowest BCUT2D eigenvalue weighted by Gasteiger charge is -2.07. The number of aliphatic imine (C=N–C) groups is 1. The first kappa shape index (κ1) is 15.5. The van der Waals surface area contributed by atoms with Crippen LogP contribution in [0.3, 0.4) is 0 Å². The van der Waals surface area contributed by atoms with Crippen molar-refractivity contribution in [2.75, 3.05) is 14.2 Å². The number of hydrogen-bond acceptors (Lipinski definition) is 3. The molecular weight excluding hydrogens is 310 g/mol. The van der Waals surface area contributed by atoms with E-state index in [1.807, 2.05) is 24.4 Å². The van der Waals surface area contributed by atoms with Crippen LogP contribution in [0.15, 0.2) is 65.7 Å². The van der Waals surface area contributed by atoms with Gasteiger partial charge in [0.15, 0.2) is 11.5 Å². The predicted molar refractivity (Wildman–Crippen MR) is 101 cm³/mol. The number of nitrogens with zero attached hydrogens (tertiary/aromatic N) is 1. The summed E-state index contributed by atoms with van der Waals surface area (Å²) in [5, 5.41) is 0. The molecule has 0 bridgehead atoms. The fourth-order valence-electron chi connectivity index (χ4n) is 3.29. The van der Waals surface area contributed by atoms with Gasteiger partial charge in [0.25, 0.3) is 0 Å². The Morgan fingerprint density at radius 2 is 1.60 bits per heavy atom. The lowest BCUT2D eigenvalue weighted by molar-refractivity contribution is 0.355. The molecule has 3 heteroatoms. The average Bonchev–Trinajstić information content (AvgIpc) is 3.03. The highest BCUT2D eigenvalue weighted by atomic mass is 16.5. The summed E-state index contributed by atoms with van der Waals surface area (Å²) < 4.78 is 10.6. The van der Waals surface area contributed by atoms with Gasteiger partial charge in [-0.1, -0.05) is 30.3 Å².